The number of benzene rings is 2. The molecule has 1 saturated heterocycles. The fraction of sp³-hybridized carbons (Fsp3) is 0.333. The molecule has 1 unspecified atom stereocenters. The molecular formula is C18H18F2N2O5S. The van der Waals surface area contributed by atoms with Crippen LogP contribution in [0.3, 0.4) is 0 Å². The fourth-order valence-electron chi connectivity index (χ4n) is 3.07. The summed E-state index contributed by atoms with van der Waals surface area (Å²) in [5.41, 5.74) is -0.587. The molecule has 0 amide bonds. The van der Waals surface area contributed by atoms with Crippen LogP contribution in [0.2, 0.25) is 0 Å². The van der Waals surface area contributed by atoms with E-state index in [1.54, 1.807) is 0 Å². The Bertz CT molecular complexity index is 1010. The number of nitro benzene ring substituents is 1. The molecule has 0 aromatic heterocycles. The van der Waals surface area contributed by atoms with Gasteiger partial charge in [-0.3, -0.25) is 10.1 Å². The molecule has 1 heterocycles. The van der Waals surface area contributed by atoms with E-state index in [-0.39, 0.29) is 22.3 Å². The minimum atomic E-state index is -3.89. The lowest BCUT2D eigenvalue weighted by Crippen LogP contribution is -2.39. The highest BCUT2D eigenvalue weighted by Crippen LogP contribution is 2.35. The predicted octanol–water partition coefficient (Wildman–Crippen LogP) is 4.09. The van der Waals surface area contributed by atoms with Crippen LogP contribution in [-0.4, -0.2) is 30.7 Å². The molecule has 0 N–H and O–H groups in total. The molecule has 0 bridgehead atoms. The summed E-state index contributed by atoms with van der Waals surface area (Å²) in [4.78, 5) is 10.4. The summed E-state index contributed by atoms with van der Waals surface area (Å²) < 4.78 is 58.6. The van der Waals surface area contributed by atoms with Gasteiger partial charge in [0.05, 0.1) is 9.82 Å². The first kappa shape index (κ1) is 20.2. The number of rotatable bonds is 5. The van der Waals surface area contributed by atoms with E-state index < -0.39 is 32.3 Å². The first-order chi connectivity index (χ1) is 13.2. The van der Waals surface area contributed by atoms with E-state index in [4.69, 9.17) is 4.74 Å². The maximum absolute atomic E-state index is 13.3. The Morgan fingerprint density at radius 1 is 1.18 bits per heavy atom. The van der Waals surface area contributed by atoms with Gasteiger partial charge in [0.2, 0.25) is 15.8 Å². The molecule has 0 saturated carbocycles. The molecule has 0 spiro atoms. The molecule has 1 aliphatic heterocycles. The van der Waals surface area contributed by atoms with Crippen LogP contribution in [-0.2, 0) is 10.0 Å². The van der Waals surface area contributed by atoms with Gasteiger partial charge in [-0.1, -0.05) is 6.92 Å². The first-order valence-electron chi connectivity index (χ1n) is 8.60. The van der Waals surface area contributed by atoms with Crippen LogP contribution in [0.15, 0.2) is 41.3 Å². The summed E-state index contributed by atoms with van der Waals surface area (Å²) >= 11 is 0. The number of ether oxygens (including phenoxy) is 1. The highest BCUT2D eigenvalue weighted by Gasteiger charge is 2.31. The molecule has 2 aromatic rings. The number of nitrogens with zero attached hydrogens (tertiary/aromatic N) is 2. The molecule has 10 heteroatoms. The Hall–Kier alpha value is -2.59. The van der Waals surface area contributed by atoms with Crippen molar-refractivity contribution in [1.29, 1.82) is 0 Å². The quantitative estimate of drug-likeness (QED) is 0.545. The Morgan fingerprint density at radius 3 is 2.57 bits per heavy atom. The molecule has 1 fully saturated rings. The minimum absolute atomic E-state index is 0.150. The summed E-state index contributed by atoms with van der Waals surface area (Å²) in [7, 11) is -3.89. The summed E-state index contributed by atoms with van der Waals surface area (Å²) in [6.07, 6.45) is 1.65. The van der Waals surface area contributed by atoms with Crippen molar-refractivity contribution in [2.75, 3.05) is 13.1 Å². The smallest absolute Gasteiger partial charge is 0.312 e. The fourth-order valence-corrected chi connectivity index (χ4v) is 4.69. The average Bonchev–Trinajstić information content (AvgIpc) is 2.64. The Morgan fingerprint density at radius 2 is 1.93 bits per heavy atom. The van der Waals surface area contributed by atoms with Gasteiger partial charge in [-0.2, -0.15) is 4.31 Å². The monoisotopic (exact) mass is 412 g/mol. The highest BCUT2D eigenvalue weighted by atomic mass is 32.2. The lowest BCUT2D eigenvalue weighted by molar-refractivity contribution is -0.385. The molecule has 2 aromatic carbocycles. The zero-order valence-corrected chi connectivity index (χ0v) is 15.8. The van der Waals surface area contributed by atoms with Crippen LogP contribution in [0.5, 0.6) is 11.5 Å². The second kappa shape index (κ2) is 7.80. The van der Waals surface area contributed by atoms with Crippen molar-refractivity contribution in [2.24, 2.45) is 5.92 Å². The molecule has 150 valence electrons. The summed E-state index contributed by atoms with van der Waals surface area (Å²) in [5.74, 6) is -2.48. The molecule has 28 heavy (non-hydrogen) atoms. The van der Waals surface area contributed by atoms with Crippen molar-refractivity contribution in [2.45, 2.75) is 24.7 Å². The number of nitro groups is 1. The van der Waals surface area contributed by atoms with Gasteiger partial charge >= 0.3 is 5.69 Å². The van der Waals surface area contributed by atoms with Crippen LogP contribution in [0.25, 0.3) is 0 Å². The van der Waals surface area contributed by atoms with Gasteiger partial charge in [0.15, 0.2) is 11.6 Å². The number of sulfonamides is 1. The molecule has 7 nitrogen and oxygen atoms in total. The largest absolute Gasteiger partial charge is 0.450 e. The normalized spacial score (nSPS) is 18.0. The van der Waals surface area contributed by atoms with E-state index in [9.17, 15) is 27.3 Å². The molecule has 0 aliphatic carbocycles. The van der Waals surface area contributed by atoms with Gasteiger partial charge in [0, 0.05) is 25.2 Å². The van der Waals surface area contributed by atoms with E-state index in [1.165, 1.54) is 10.4 Å². The molecule has 1 atom stereocenters. The third kappa shape index (κ3) is 4.12. The van der Waals surface area contributed by atoms with Gasteiger partial charge in [-0.05, 0) is 43.0 Å². The zero-order chi connectivity index (χ0) is 20.5. The van der Waals surface area contributed by atoms with E-state index in [1.807, 2.05) is 6.92 Å². The van der Waals surface area contributed by atoms with Crippen LogP contribution in [0, 0.1) is 27.7 Å². The molecule has 1 aliphatic rings. The van der Waals surface area contributed by atoms with E-state index in [0.29, 0.717) is 13.1 Å². The van der Waals surface area contributed by atoms with Crippen molar-refractivity contribution >= 4 is 15.7 Å². The minimum Gasteiger partial charge on any atom is -0.450 e. The standard InChI is InChI=1S/C18H18F2N2O5S/c1-12-3-2-8-21(11-12)28(25,26)14-5-7-18(17(10-14)22(23)24)27-13-4-6-15(19)16(20)9-13/h4-7,9-10,12H,2-3,8,11H2,1H3. The van der Waals surface area contributed by atoms with Crippen molar-refractivity contribution in [3.63, 3.8) is 0 Å². The number of halogens is 2. The van der Waals surface area contributed by atoms with Gasteiger partial charge in [-0.15, -0.1) is 0 Å². The van der Waals surface area contributed by atoms with Crippen LogP contribution in [0.4, 0.5) is 14.5 Å². The number of hydrogen-bond acceptors (Lipinski definition) is 5. The SMILES string of the molecule is CC1CCCN(S(=O)(=O)c2ccc(Oc3ccc(F)c(F)c3)c([N+](=O)[O-])c2)C1. The van der Waals surface area contributed by atoms with Gasteiger partial charge in [-0.25, -0.2) is 17.2 Å². The molecule has 0 radical (unpaired) electrons. The Balaban J connectivity index is 1.94. The summed E-state index contributed by atoms with van der Waals surface area (Å²) in [5, 5.41) is 11.4. The van der Waals surface area contributed by atoms with Crippen molar-refractivity contribution in [3.05, 3.63) is 58.1 Å². The van der Waals surface area contributed by atoms with Crippen LogP contribution < -0.4 is 4.74 Å². The van der Waals surface area contributed by atoms with Gasteiger partial charge < -0.3 is 4.74 Å². The van der Waals surface area contributed by atoms with Crippen LogP contribution >= 0.6 is 0 Å². The third-order valence-electron chi connectivity index (χ3n) is 4.50. The number of piperidine rings is 1. The van der Waals surface area contributed by atoms with Crippen molar-refractivity contribution in [1.82, 2.24) is 4.31 Å². The maximum Gasteiger partial charge on any atom is 0.312 e. The van der Waals surface area contributed by atoms with Crippen LogP contribution in [0.1, 0.15) is 19.8 Å². The summed E-state index contributed by atoms with van der Waals surface area (Å²) in [6.45, 7) is 2.65. The van der Waals surface area contributed by atoms with Gasteiger partial charge in [0.1, 0.15) is 5.75 Å². The second-order valence-corrected chi connectivity index (χ2v) is 8.61. The third-order valence-corrected chi connectivity index (χ3v) is 6.36. The van der Waals surface area contributed by atoms with E-state index >= 15 is 0 Å². The average molecular weight is 412 g/mol. The van der Waals surface area contributed by atoms with E-state index in [2.05, 4.69) is 0 Å². The summed E-state index contributed by atoms with van der Waals surface area (Å²) in [6, 6.07) is 5.95. The molecular weight excluding hydrogens is 394 g/mol. The lowest BCUT2D eigenvalue weighted by atomic mass is 10.0. The Labute approximate surface area is 160 Å². The molecule has 3 rings (SSSR count). The maximum atomic E-state index is 13.3. The Kier molecular flexibility index (Phi) is 5.61. The van der Waals surface area contributed by atoms with Crippen molar-refractivity contribution in [3.8, 4) is 11.5 Å². The van der Waals surface area contributed by atoms with Gasteiger partial charge in [0.25, 0.3) is 0 Å². The number of hydrogen-bond donors (Lipinski definition) is 0. The van der Waals surface area contributed by atoms with Crippen molar-refractivity contribution < 1.29 is 26.9 Å². The predicted molar refractivity (Wildman–Crippen MR) is 96.7 cm³/mol. The lowest BCUT2D eigenvalue weighted by Gasteiger charge is -2.30. The highest BCUT2D eigenvalue weighted by molar-refractivity contribution is 7.89. The topological polar surface area (TPSA) is 89.8 Å². The van der Waals surface area contributed by atoms with E-state index in [0.717, 1.165) is 43.2 Å². The first-order valence-corrected chi connectivity index (χ1v) is 10.0. The second-order valence-electron chi connectivity index (χ2n) is 6.68. The zero-order valence-electron chi connectivity index (χ0n) is 15.0.